The highest BCUT2D eigenvalue weighted by atomic mass is 16.2. The number of nitrogens with zero attached hydrogens (tertiary/aromatic N) is 2. The Morgan fingerprint density at radius 3 is 2.12 bits per heavy atom. The number of fused-ring (bicyclic) bond motifs is 1. The minimum atomic E-state index is -0.171. The molecule has 0 bridgehead atoms. The molecule has 0 saturated heterocycles. The Kier molecular flexibility index (Phi) is 4.43. The number of hydrogen-bond acceptors (Lipinski definition) is 3. The van der Waals surface area contributed by atoms with Crippen LogP contribution in [0.2, 0.25) is 0 Å². The van der Waals surface area contributed by atoms with Crippen LogP contribution in [-0.4, -0.2) is 47.3 Å². The van der Waals surface area contributed by atoms with E-state index in [-0.39, 0.29) is 17.9 Å². The normalized spacial score (nSPS) is 18.7. The Morgan fingerprint density at radius 2 is 1.54 bits per heavy atom. The minimum Gasteiger partial charge on any atom is -0.297 e. The van der Waals surface area contributed by atoms with Gasteiger partial charge in [0.1, 0.15) is 0 Å². The third kappa shape index (κ3) is 2.97. The van der Waals surface area contributed by atoms with Gasteiger partial charge in [0.05, 0.1) is 17.2 Å². The van der Waals surface area contributed by atoms with Crippen molar-refractivity contribution >= 4 is 17.4 Å². The van der Waals surface area contributed by atoms with E-state index in [0.717, 1.165) is 19.5 Å². The predicted molar refractivity (Wildman–Crippen MR) is 102 cm³/mol. The zero-order chi connectivity index (χ0) is 18.1. The van der Waals surface area contributed by atoms with Crippen LogP contribution in [0.4, 0.5) is 0 Å². The Morgan fingerprint density at radius 1 is 0.923 bits per heavy atom. The van der Waals surface area contributed by atoms with Crippen molar-refractivity contribution in [2.24, 2.45) is 0 Å². The van der Waals surface area contributed by atoms with Crippen LogP contribution in [0.5, 0.6) is 0 Å². The fourth-order valence-electron chi connectivity index (χ4n) is 3.85. The van der Waals surface area contributed by atoms with E-state index in [4.69, 9.17) is 0 Å². The highest BCUT2D eigenvalue weighted by Crippen LogP contribution is 2.26. The average Bonchev–Trinajstić information content (AvgIpc) is 2.94. The van der Waals surface area contributed by atoms with Gasteiger partial charge in [-0.05, 0) is 36.6 Å². The minimum absolute atomic E-state index is 0.144. The van der Waals surface area contributed by atoms with E-state index in [9.17, 15) is 9.59 Å². The molecule has 1 atom stereocenters. The van der Waals surface area contributed by atoms with Crippen molar-refractivity contribution in [1.82, 2.24) is 9.80 Å². The highest BCUT2D eigenvalue weighted by molar-refractivity contribution is 6.21. The third-order valence-electron chi connectivity index (χ3n) is 5.23. The van der Waals surface area contributed by atoms with Crippen LogP contribution in [0.1, 0.15) is 39.6 Å². The van der Waals surface area contributed by atoms with Crippen LogP contribution in [0.25, 0.3) is 5.57 Å². The molecule has 26 heavy (non-hydrogen) atoms. The summed E-state index contributed by atoms with van der Waals surface area (Å²) in [6.45, 7) is 4.44. The first-order chi connectivity index (χ1) is 12.6. The van der Waals surface area contributed by atoms with Crippen LogP contribution in [0.3, 0.4) is 0 Å². The monoisotopic (exact) mass is 346 g/mol. The summed E-state index contributed by atoms with van der Waals surface area (Å²) in [5.74, 6) is -0.341. The number of carbonyl (C=O) groups is 2. The second kappa shape index (κ2) is 6.89. The summed E-state index contributed by atoms with van der Waals surface area (Å²) in [5, 5.41) is 0. The molecule has 2 amide bonds. The van der Waals surface area contributed by atoms with Gasteiger partial charge in [0.2, 0.25) is 0 Å². The lowest BCUT2D eigenvalue weighted by molar-refractivity contribution is 0.0564. The first-order valence-corrected chi connectivity index (χ1v) is 9.09. The van der Waals surface area contributed by atoms with E-state index >= 15 is 0 Å². The molecule has 4 nitrogen and oxygen atoms in total. The number of amides is 2. The SMILES string of the molecule is CC(CN1CC=C(c2ccccc2)CC1)N1C(=O)c2ccccc2C1=O. The van der Waals surface area contributed by atoms with Crippen LogP contribution in [-0.2, 0) is 0 Å². The highest BCUT2D eigenvalue weighted by Gasteiger charge is 2.38. The molecule has 2 aromatic carbocycles. The molecule has 0 radical (unpaired) electrons. The van der Waals surface area contributed by atoms with E-state index in [1.165, 1.54) is 16.0 Å². The van der Waals surface area contributed by atoms with Gasteiger partial charge in [-0.25, -0.2) is 0 Å². The number of benzene rings is 2. The van der Waals surface area contributed by atoms with E-state index in [2.05, 4.69) is 35.2 Å². The lowest BCUT2D eigenvalue weighted by atomic mass is 9.99. The maximum atomic E-state index is 12.6. The number of hydrogen-bond donors (Lipinski definition) is 0. The van der Waals surface area contributed by atoms with E-state index in [0.29, 0.717) is 17.7 Å². The Labute approximate surface area is 153 Å². The first-order valence-electron chi connectivity index (χ1n) is 9.09. The second-order valence-electron chi connectivity index (χ2n) is 6.98. The Bertz CT molecular complexity index is 838. The molecular weight excluding hydrogens is 324 g/mol. The Hall–Kier alpha value is -2.72. The molecular formula is C22H22N2O2. The lowest BCUT2D eigenvalue weighted by Gasteiger charge is -2.32. The van der Waals surface area contributed by atoms with Gasteiger partial charge >= 0.3 is 0 Å². The maximum absolute atomic E-state index is 12.6. The summed E-state index contributed by atoms with van der Waals surface area (Å²) < 4.78 is 0. The molecule has 0 N–H and O–H groups in total. The van der Waals surface area contributed by atoms with Gasteiger partial charge in [0, 0.05) is 19.6 Å². The van der Waals surface area contributed by atoms with Crippen molar-refractivity contribution < 1.29 is 9.59 Å². The summed E-state index contributed by atoms with van der Waals surface area (Å²) in [7, 11) is 0. The van der Waals surface area contributed by atoms with Crippen molar-refractivity contribution in [3.63, 3.8) is 0 Å². The summed E-state index contributed by atoms with van der Waals surface area (Å²) in [5.41, 5.74) is 3.69. The zero-order valence-corrected chi connectivity index (χ0v) is 14.9. The van der Waals surface area contributed by atoms with Gasteiger partial charge in [-0.15, -0.1) is 0 Å². The molecule has 0 aliphatic carbocycles. The van der Waals surface area contributed by atoms with E-state index < -0.39 is 0 Å². The molecule has 4 rings (SSSR count). The molecule has 4 heteroatoms. The van der Waals surface area contributed by atoms with Crippen molar-refractivity contribution in [2.75, 3.05) is 19.6 Å². The summed E-state index contributed by atoms with van der Waals surface area (Å²) in [4.78, 5) is 28.9. The van der Waals surface area contributed by atoms with E-state index in [1.807, 2.05) is 13.0 Å². The van der Waals surface area contributed by atoms with Crippen LogP contribution >= 0.6 is 0 Å². The molecule has 1 unspecified atom stereocenters. The van der Waals surface area contributed by atoms with Gasteiger partial charge in [0.15, 0.2) is 0 Å². The van der Waals surface area contributed by atoms with Gasteiger partial charge in [-0.2, -0.15) is 0 Å². The van der Waals surface area contributed by atoms with Crippen molar-refractivity contribution in [1.29, 1.82) is 0 Å². The molecule has 2 heterocycles. The Balaban J connectivity index is 1.42. The van der Waals surface area contributed by atoms with Crippen molar-refractivity contribution in [3.8, 4) is 0 Å². The zero-order valence-electron chi connectivity index (χ0n) is 14.9. The van der Waals surface area contributed by atoms with Crippen LogP contribution in [0, 0.1) is 0 Å². The van der Waals surface area contributed by atoms with Gasteiger partial charge < -0.3 is 0 Å². The summed E-state index contributed by atoms with van der Waals surface area (Å²) >= 11 is 0. The molecule has 132 valence electrons. The first kappa shape index (κ1) is 16.7. The molecule has 0 saturated carbocycles. The molecule has 0 spiro atoms. The summed E-state index contributed by atoms with van der Waals surface area (Å²) in [6.07, 6.45) is 3.24. The average molecular weight is 346 g/mol. The molecule has 2 aliphatic rings. The van der Waals surface area contributed by atoms with Crippen molar-refractivity contribution in [2.45, 2.75) is 19.4 Å². The second-order valence-corrected chi connectivity index (χ2v) is 6.98. The predicted octanol–water partition coefficient (Wildman–Crippen LogP) is 3.46. The topological polar surface area (TPSA) is 40.6 Å². The fourth-order valence-corrected chi connectivity index (χ4v) is 3.85. The standard InChI is InChI=1S/C22H22N2O2/c1-16(24-21(25)19-9-5-6-10-20(19)22(24)26)15-23-13-11-18(12-14-23)17-7-3-2-4-8-17/h2-11,16H,12-15H2,1H3. The largest absolute Gasteiger partial charge is 0.297 e. The molecule has 0 aromatic heterocycles. The number of rotatable bonds is 4. The van der Waals surface area contributed by atoms with Gasteiger partial charge in [-0.3, -0.25) is 19.4 Å². The number of imide groups is 1. The molecule has 2 aliphatic heterocycles. The van der Waals surface area contributed by atoms with Crippen LogP contribution < -0.4 is 0 Å². The van der Waals surface area contributed by atoms with Gasteiger partial charge in [0.25, 0.3) is 11.8 Å². The van der Waals surface area contributed by atoms with E-state index in [1.54, 1.807) is 24.3 Å². The molecule has 2 aromatic rings. The summed E-state index contributed by atoms with van der Waals surface area (Å²) in [6, 6.07) is 17.4. The quantitative estimate of drug-likeness (QED) is 0.796. The maximum Gasteiger partial charge on any atom is 0.261 e. The van der Waals surface area contributed by atoms with Gasteiger partial charge in [-0.1, -0.05) is 48.5 Å². The number of carbonyl (C=O) groups excluding carboxylic acids is 2. The fraction of sp³-hybridized carbons (Fsp3) is 0.273. The smallest absolute Gasteiger partial charge is 0.261 e. The molecule has 0 fully saturated rings. The lowest BCUT2D eigenvalue weighted by Crippen LogP contribution is -2.46. The van der Waals surface area contributed by atoms with Crippen molar-refractivity contribution in [3.05, 3.63) is 77.4 Å². The third-order valence-corrected chi connectivity index (χ3v) is 5.23. The van der Waals surface area contributed by atoms with Crippen LogP contribution in [0.15, 0.2) is 60.7 Å².